The second-order valence-corrected chi connectivity index (χ2v) is 7.33. The van der Waals surface area contributed by atoms with E-state index in [1.54, 1.807) is 54.6 Å². The van der Waals surface area contributed by atoms with Crippen LogP contribution < -0.4 is 0 Å². The van der Waals surface area contributed by atoms with E-state index in [0.717, 1.165) is 11.1 Å². The predicted octanol–water partition coefficient (Wildman–Crippen LogP) is 4.03. The van der Waals surface area contributed by atoms with E-state index in [2.05, 4.69) is 0 Å². The number of sulfone groups is 1. The lowest BCUT2D eigenvalue weighted by atomic mass is 10.1. The third-order valence-electron chi connectivity index (χ3n) is 3.08. The fourth-order valence-electron chi connectivity index (χ4n) is 1.90. The second-order valence-electron chi connectivity index (χ2n) is 4.91. The molecule has 0 radical (unpaired) electrons. The molecule has 2 aromatic carbocycles. The standard InChI is InChI=1S/C17H14ClNO2S/c1-13-2-8-17(9-3-13)22(20,21)12-15(11-19)10-14-4-6-16(18)7-5-14/h2-10H,12H2,1H3/b15-10-. The summed E-state index contributed by atoms with van der Waals surface area (Å²) >= 11 is 5.80. The highest BCUT2D eigenvalue weighted by atomic mass is 35.5. The number of hydrogen-bond acceptors (Lipinski definition) is 3. The average Bonchev–Trinajstić information content (AvgIpc) is 2.49. The zero-order valence-corrected chi connectivity index (χ0v) is 13.5. The summed E-state index contributed by atoms with van der Waals surface area (Å²) < 4.78 is 24.7. The lowest BCUT2D eigenvalue weighted by molar-refractivity contribution is 0.598. The van der Waals surface area contributed by atoms with E-state index in [1.807, 2.05) is 13.0 Å². The monoisotopic (exact) mass is 331 g/mol. The second kappa shape index (κ2) is 6.78. The first kappa shape index (κ1) is 16.3. The number of nitriles is 1. The van der Waals surface area contributed by atoms with Gasteiger partial charge in [-0.2, -0.15) is 5.26 Å². The zero-order valence-electron chi connectivity index (χ0n) is 12.0. The number of hydrogen-bond donors (Lipinski definition) is 0. The molecule has 5 heteroatoms. The maximum atomic E-state index is 12.3. The molecule has 0 N–H and O–H groups in total. The van der Waals surface area contributed by atoms with E-state index in [4.69, 9.17) is 11.6 Å². The van der Waals surface area contributed by atoms with Crippen LogP contribution in [0.4, 0.5) is 0 Å². The largest absolute Gasteiger partial charge is 0.223 e. The molecule has 22 heavy (non-hydrogen) atoms. The topological polar surface area (TPSA) is 57.9 Å². The Balaban J connectivity index is 2.28. The molecule has 0 bridgehead atoms. The van der Waals surface area contributed by atoms with Gasteiger partial charge in [0.1, 0.15) is 0 Å². The summed E-state index contributed by atoms with van der Waals surface area (Å²) in [5, 5.41) is 9.77. The number of halogens is 1. The van der Waals surface area contributed by atoms with Crippen molar-refractivity contribution in [2.75, 3.05) is 5.75 Å². The number of benzene rings is 2. The lowest BCUT2D eigenvalue weighted by Crippen LogP contribution is -2.08. The van der Waals surface area contributed by atoms with E-state index in [-0.39, 0.29) is 16.2 Å². The van der Waals surface area contributed by atoms with Gasteiger partial charge in [-0.05, 0) is 42.8 Å². The van der Waals surface area contributed by atoms with Gasteiger partial charge in [0.05, 0.1) is 16.7 Å². The van der Waals surface area contributed by atoms with Crippen LogP contribution in [0.5, 0.6) is 0 Å². The fraction of sp³-hybridized carbons (Fsp3) is 0.118. The molecule has 0 spiro atoms. The third-order valence-corrected chi connectivity index (χ3v) is 5.01. The van der Waals surface area contributed by atoms with Crippen LogP contribution in [-0.2, 0) is 9.84 Å². The first-order chi connectivity index (χ1) is 10.4. The van der Waals surface area contributed by atoms with Crippen LogP contribution in [-0.4, -0.2) is 14.2 Å². The smallest absolute Gasteiger partial charge is 0.183 e. The van der Waals surface area contributed by atoms with Crippen LogP contribution in [0, 0.1) is 18.3 Å². The van der Waals surface area contributed by atoms with Crippen molar-refractivity contribution >= 4 is 27.5 Å². The molecule has 2 rings (SSSR count). The molecule has 0 aromatic heterocycles. The summed E-state index contributed by atoms with van der Waals surface area (Å²) in [7, 11) is -3.53. The van der Waals surface area contributed by atoms with Gasteiger partial charge >= 0.3 is 0 Å². The predicted molar refractivity (Wildman–Crippen MR) is 88.3 cm³/mol. The van der Waals surface area contributed by atoms with Crippen LogP contribution in [0.15, 0.2) is 59.0 Å². The minimum atomic E-state index is -3.53. The minimum absolute atomic E-state index is 0.183. The first-order valence-electron chi connectivity index (χ1n) is 6.56. The molecule has 3 nitrogen and oxygen atoms in total. The van der Waals surface area contributed by atoms with E-state index < -0.39 is 9.84 Å². The average molecular weight is 332 g/mol. The summed E-state index contributed by atoms with van der Waals surface area (Å²) in [6.07, 6.45) is 1.56. The Hall–Kier alpha value is -2.09. The van der Waals surface area contributed by atoms with Crippen LogP contribution >= 0.6 is 11.6 Å². The van der Waals surface area contributed by atoms with Gasteiger partial charge < -0.3 is 0 Å². The number of rotatable bonds is 4. The van der Waals surface area contributed by atoms with Crippen molar-refractivity contribution < 1.29 is 8.42 Å². The van der Waals surface area contributed by atoms with Gasteiger partial charge in [0, 0.05) is 10.6 Å². The van der Waals surface area contributed by atoms with E-state index >= 15 is 0 Å². The van der Waals surface area contributed by atoms with Crippen molar-refractivity contribution in [1.29, 1.82) is 5.26 Å². The van der Waals surface area contributed by atoms with Gasteiger partial charge in [-0.3, -0.25) is 0 Å². The quantitative estimate of drug-likeness (QED) is 0.795. The molecule has 0 heterocycles. The van der Waals surface area contributed by atoms with Gasteiger partial charge in [-0.25, -0.2) is 8.42 Å². The molecule has 2 aromatic rings. The van der Waals surface area contributed by atoms with E-state index in [0.29, 0.717) is 5.02 Å². The number of aryl methyl sites for hydroxylation is 1. The summed E-state index contributed by atoms with van der Waals surface area (Å²) in [5.41, 5.74) is 1.90. The molecule has 0 aliphatic carbocycles. The Morgan fingerprint density at radius 3 is 2.27 bits per heavy atom. The molecule has 0 saturated carbocycles. The molecule has 0 atom stereocenters. The Bertz CT molecular complexity index is 830. The van der Waals surface area contributed by atoms with Crippen molar-refractivity contribution in [3.63, 3.8) is 0 Å². The molecule has 0 amide bonds. The third kappa shape index (κ3) is 4.20. The van der Waals surface area contributed by atoms with Crippen LogP contribution in [0.3, 0.4) is 0 Å². The normalized spacial score (nSPS) is 12.0. The molecule has 0 aliphatic rings. The SMILES string of the molecule is Cc1ccc(S(=O)(=O)C/C(C#N)=C\c2ccc(Cl)cc2)cc1. The summed E-state index contributed by atoms with van der Waals surface area (Å²) in [6, 6.07) is 15.4. The van der Waals surface area contributed by atoms with E-state index in [9.17, 15) is 13.7 Å². The van der Waals surface area contributed by atoms with Gasteiger partial charge in [0.15, 0.2) is 9.84 Å². The minimum Gasteiger partial charge on any atom is -0.223 e. The maximum absolute atomic E-state index is 12.3. The Morgan fingerprint density at radius 2 is 1.73 bits per heavy atom. The Labute approximate surface area is 135 Å². The highest BCUT2D eigenvalue weighted by Gasteiger charge is 2.16. The Morgan fingerprint density at radius 1 is 1.14 bits per heavy atom. The van der Waals surface area contributed by atoms with Gasteiger partial charge in [-0.15, -0.1) is 0 Å². The summed E-state index contributed by atoms with van der Waals surface area (Å²) in [5.74, 6) is -0.324. The van der Waals surface area contributed by atoms with Crippen LogP contribution in [0.2, 0.25) is 5.02 Å². The summed E-state index contributed by atoms with van der Waals surface area (Å²) in [6.45, 7) is 1.89. The van der Waals surface area contributed by atoms with Gasteiger partial charge in [0.2, 0.25) is 0 Å². The molecule has 0 saturated heterocycles. The van der Waals surface area contributed by atoms with Gasteiger partial charge in [-0.1, -0.05) is 41.4 Å². The maximum Gasteiger partial charge on any atom is 0.183 e. The van der Waals surface area contributed by atoms with Crippen LogP contribution in [0.25, 0.3) is 6.08 Å². The van der Waals surface area contributed by atoms with Crippen molar-refractivity contribution in [2.45, 2.75) is 11.8 Å². The highest BCUT2D eigenvalue weighted by molar-refractivity contribution is 7.91. The van der Waals surface area contributed by atoms with Crippen LogP contribution in [0.1, 0.15) is 11.1 Å². The molecule has 112 valence electrons. The van der Waals surface area contributed by atoms with Crippen molar-refractivity contribution in [3.05, 3.63) is 70.3 Å². The highest BCUT2D eigenvalue weighted by Crippen LogP contribution is 2.17. The Kier molecular flexibility index (Phi) is 5.02. The van der Waals surface area contributed by atoms with E-state index in [1.165, 1.54) is 0 Å². The molecule has 0 unspecified atom stereocenters. The fourth-order valence-corrected chi connectivity index (χ4v) is 3.30. The molecule has 0 aliphatic heterocycles. The zero-order chi connectivity index (χ0) is 16.2. The summed E-state index contributed by atoms with van der Waals surface area (Å²) in [4.78, 5) is 0.218. The molecular weight excluding hydrogens is 318 g/mol. The first-order valence-corrected chi connectivity index (χ1v) is 8.59. The molecular formula is C17H14ClNO2S. The number of nitrogens with zero attached hydrogens (tertiary/aromatic N) is 1. The van der Waals surface area contributed by atoms with Gasteiger partial charge in [0.25, 0.3) is 0 Å². The molecule has 0 fully saturated rings. The lowest BCUT2D eigenvalue weighted by Gasteiger charge is -2.04. The van der Waals surface area contributed by atoms with Crippen molar-refractivity contribution in [3.8, 4) is 6.07 Å². The van der Waals surface area contributed by atoms with Crippen molar-refractivity contribution in [2.24, 2.45) is 0 Å². The van der Waals surface area contributed by atoms with Crippen molar-refractivity contribution in [1.82, 2.24) is 0 Å².